The van der Waals surface area contributed by atoms with E-state index >= 15 is 0 Å². The predicted octanol–water partition coefficient (Wildman–Crippen LogP) is 20.5. The van der Waals surface area contributed by atoms with Crippen molar-refractivity contribution in [3.8, 4) is 0 Å². The van der Waals surface area contributed by atoms with Gasteiger partial charge in [-0.2, -0.15) is 0 Å². The highest BCUT2D eigenvalue weighted by Gasteiger charge is 2.19. The van der Waals surface area contributed by atoms with Crippen LogP contribution in [0.4, 0.5) is 0 Å². The summed E-state index contributed by atoms with van der Waals surface area (Å²) in [4.78, 5) is 38.0. The summed E-state index contributed by atoms with van der Waals surface area (Å²) in [5.74, 6) is -0.888. The topological polar surface area (TPSA) is 78.9 Å². The molecule has 0 bridgehead atoms. The van der Waals surface area contributed by atoms with E-state index < -0.39 is 6.10 Å². The molecule has 0 aliphatic carbocycles. The summed E-state index contributed by atoms with van der Waals surface area (Å²) in [6.45, 7) is 6.45. The second kappa shape index (κ2) is 59.9. The highest BCUT2D eigenvalue weighted by molar-refractivity contribution is 5.71. The van der Waals surface area contributed by atoms with Gasteiger partial charge in [0.25, 0.3) is 0 Å². The number of hydrogen-bond donors (Lipinski definition) is 0. The molecule has 1 unspecified atom stereocenters. The zero-order valence-electron chi connectivity index (χ0n) is 47.2. The van der Waals surface area contributed by atoms with Crippen molar-refractivity contribution in [2.75, 3.05) is 13.2 Å². The summed E-state index contributed by atoms with van der Waals surface area (Å²) in [7, 11) is 0. The zero-order valence-corrected chi connectivity index (χ0v) is 47.2. The maximum atomic E-state index is 12.8. The Morgan fingerprint density at radius 3 is 0.917 bits per heavy atom. The summed E-state index contributed by atoms with van der Waals surface area (Å²) in [5.41, 5.74) is 0. The maximum absolute atomic E-state index is 12.8. The number of carbonyl (C=O) groups excluding carboxylic acids is 3. The Balaban J connectivity index is 4.10. The maximum Gasteiger partial charge on any atom is 0.306 e. The fraction of sp³-hybridized carbons (Fsp3) is 0.712. The molecule has 0 aromatic heterocycles. The average Bonchev–Trinajstić information content (AvgIpc) is 3.38. The molecule has 0 aromatic carbocycles. The molecule has 6 heteroatoms. The minimum Gasteiger partial charge on any atom is -0.462 e. The van der Waals surface area contributed by atoms with E-state index in [0.29, 0.717) is 19.3 Å². The summed E-state index contributed by atoms with van der Waals surface area (Å²) in [6.07, 6.45) is 80.0. The number of carbonyl (C=O) groups is 3. The Kier molecular flexibility index (Phi) is 56.8. The minimum absolute atomic E-state index is 0.0788. The Morgan fingerprint density at radius 2 is 0.569 bits per heavy atom. The largest absolute Gasteiger partial charge is 0.462 e. The molecule has 0 aliphatic rings. The van der Waals surface area contributed by atoms with Gasteiger partial charge in [0.1, 0.15) is 13.2 Å². The smallest absolute Gasteiger partial charge is 0.306 e. The van der Waals surface area contributed by atoms with Crippen LogP contribution in [0.5, 0.6) is 0 Å². The van der Waals surface area contributed by atoms with Crippen molar-refractivity contribution in [3.05, 3.63) is 97.2 Å². The number of ether oxygens (including phenoxy) is 3. The lowest BCUT2D eigenvalue weighted by atomic mass is 10.0. The molecule has 0 N–H and O–H groups in total. The van der Waals surface area contributed by atoms with Gasteiger partial charge in [-0.25, -0.2) is 0 Å². The Morgan fingerprint density at radius 1 is 0.292 bits per heavy atom. The van der Waals surface area contributed by atoms with Crippen LogP contribution in [0, 0.1) is 0 Å². The molecule has 0 spiro atoms. The van der Waals surface area contributed by atoms with Gasteiger partial charge in [0.2, 0.25) is 0 Å². The molecule has 0 fully saturated rings. The molecule has 6 nitrogen and oxygen atoms in total. The Bertz CT molecular complexity index is 1430. The minimum atomic E-state index is -0.777. The van der Waals surface area contributed by atoms with Crippen molar-refractivity contribution in [1.29, 1.82) is 0 Å². The van der Waals surface area contributed by atoms with E-state index in [2.05, 4.69) is 118 Å². The molecule has 0 radical (unpaired) electrons. The zero-order chi connectivity index (χ0) is 52.2. The summed E-state index contributed by atoms with van der Waals surface area (Å²) in [6, 6.07) is 0. The van der Waals surface area contributed by atoms with Crippen molar-refractivity contribution in [1.82, 2.24) is 0 Å². The third kappa shape index (κ3) is 57.2. The molecule has 0 aliphatic heterocycles. The Hall–Kier alpha value is -3.67. The van der Waals surface area contributed by atoms with E-state index in [0.717, 1.165) is 116 Å². The highest BCUT2D eigenvalue weighted by Crippen LogP contribution is 2.16. The number of rotatable bonds is 54. The second-order valence-corrected chi connectivity index (χ2v) is 19.9. The van der Waals surface area contributed by atoms with Gasteiger partial charge in [-0.15, -0.1) is 0 Å². The number of unbranched alkanes of at least 4 members (excludes halogenated alkanes) is 27. The van der Waals surface area contributed by atoms with Crippen LogP contribution in [0.3, 0.4) is 0 Å². The van der Waals surface area contributed by atoms with E-state index in [-0.39, 0.29) is 31.1 Å². The Labute approximate surface area is 445 Å². The van der Waals surface area contributed by atoms with Crippen LogP contribution in [-0.4, -0.2) is 37.2 Å². The molecule has 0 amide bonds. The molecule has 412 valence electrons. The lowest BCUT2D eigenvalue weighted by molar-refractivity contribution is -0.167. The van der Waals surface area contributed by atoms with Crippen molar-refractivity contribution >= 4 is 17.9 Å². The average molecular weight is 1000 g/mol. The molecular weight excluding hydrogens is 889 g/mol. The van der Waals surface area contributed by atoms with Crippen LogP contribution in [-0.2, 0) is 28.6 Å². The fourth-order valence-electron chi connectivity index (χ4n) is 8.31. The fourth-order valence-corrected chi connectivity index (χ4v) is 8.31. The van der Waals surface area contributed by atoms with Gasteiger partial charge >= 0.3 is 17.9 Å². The summed E-state index contributed by atoms with van der Waals surface area (Å²) >= 11 is 0. The first kappa shape index (κ1) is 68.3. The third-order valence-corrected chi connectivity index (χ3v) is 12.8. The van der Waals surface area contributed by atoms with E-state index in [4.69, 9.17) is 14.2 Å². The SMILES string of the molecule is CC/C=C\C/C=C\C/C=C\C/C=C\C/C=C\C/C=C\C/C=C\CCCCCCCCCCCCCC(=O)OCC(COC(=O)CCCCCCC/C=C\CCC)OC(=O)CCCCCCCCCCCCC. The molecule has 72 heavy (non-hydrogen) atoms. The van der Waals surface area contributed by atoms with Gasteiger partial charge < -0.3 is 14.2 Å². The molecule has 0 heterocycles. The van der Waals surface area contributed by atoms with Crippen LogP contribution < -0.4 is 0 Å². The van der Waals surface area contributed by atoms with E-state index in [1.54, 1.807) is 0 Å². The van der Waals surface area contributed by atoms with Crippen molar-refractivity contribution < 1.29 is 28.6 Å². The first-order valence-corrected chi connectivity index (χ1v) is 30.2. The lowest BCUT2D eigenvalue weighted by Gasteiger charge is -2.18. The monoisotopic (exact) mass is 1000 g/mol. The molecule has 0 aromatic rings. The summed E-state index contributed by atoms with van der Waals surface area (Å²) < 4.78 is 16.8. The van der Waals surface area contributed by atoms with Crippen LogP contribution in [0.25, 0.3) is 0 Å². The number of esters is 3. The van der Waals surface area contributed by atoms with Crippen LogP contribution in [0.2, 0.25) is 0 Å². The van der Waals surface area contributed by atoms with Gasteiger partial charge in [0.15, 0.2) is 6.10 Å². The van der Waals surface area contributed by atoms with Gasteiger partial charge in [0, 0.05) is 19.3 Å². The van der Waals surface area contributed by atoms with Crippen molar-refractivity contribution in [3.63, 3.8) is 0 Å². The van der Waals surface area contributed by atoms with E-state index in [1.165, 1.54) is 128 Å². The normalized spacial score (nSPS) is 12.8. The number of hydrogen-bond acceptors (Lipinski definition) is 6. The van der Waals surface area contributed by atoms with Crippen LogP contribution >= 0.6 is 0 Å². The summed E-state index contributed by atoms with van der Waals surface area (Å²) in [5, 5.41) is 0. The van der Waals surface area contributed by atoms with Crippen LogP contribution in [0.1, 0.15) is 284 Å². The number of allylic oxidation sites excluding steroid dienone is 16. The van der Waals surface area contributed by atoms with Crippen molar-refractivity contribution in [2.45, 2.75) is 290 Å². The van der Waals surface area contributed by atoms with Gasteiger partial charge in [-0.3, -0.25) is 14.4 Å². The standard InChI is InChI=1S/C66H112O6/c1-4-7-10-13-16-19-22-23-24-25-26-27-28-29-30-31-32-33-34-35-36-37-38-39-40-41-42-43-45-47-50-53-56-59-65(68)71-62-63(61-70-64(67)58-55-52-49-46-21-18-15-12-9-6-3)72-66(69)60-57-54-51-48-44-20-17-14-11-8-5-2/h7,10,12,15-16,19,23-24,26-27,29-30,32-33,35-36,63H,4-6,8-9,11,13-14,17-18,20-22,25,28,31,34,37-62H2,1-3H3/b10-7-,15-12-,19-16-,24-23-,27-26-,30-29-,33-32-,36-35-. The van der Waals surface area contributed by atoms with Gasteiger partial charge in [-0.1, -0.05) is 266 Å². The van der Waals surface area contributed by atoms with Gasteiger partial charge in [0.05, 0.1) is 0 Å². The first-order chi connectivity index (χ1) is 35.5. The first-order valence-electron chi connectivity index (χ1n) is 30.2. The van der Waals surface area contributed by atoms with Crippen LogP contribution in [0.15, 0.2) is 97.2 Å². The molecule has 0 saturated carbocycles. The van der Waals surface area contributed by atoms with Crippen molar-refractivity contribution in [2.24, 2.45) is 0 Å². The molecule has 0 rings (SSSR count). The predicted molar refractivity (Wildman–Crippen MR) is 311 cm³/mol. The second-order valence-electron chi connectivity index (χ2n) is 19.9. The van der Waals surface area contributed by atoms with E-state index in [1.807, 2.05) is 0 Å². The van der Waals surface area contributed by atoms with E-state index in [9.17, 15) is 14.4 Å². The quantitative estimate of drug-likeness (QED) is 0.0261. The third-order valence-electron chi connectivity index (χ3n) is 12.8. The molecular formula is C66H112O6. The lowest BCUT2D eigenvalue weighted by Crippen LogP contribution is -2.30. The molecule has 1 atom stereocenters. The highest BCUT2D eigenvalue weighted by atomic mass is 16.6. The van der Waals surface area contributed by atoms with Gasteiger partial charge in [-0.05, 0) is 96.3 Å². The molecule has 0 saturated heterocycles.